The van der Waals surface area contributed by atoms with Crippen LogP contribution in [0.4, 0.5) is 0 Å². The van der Waals surface area contributed by atoms with Crippen LogP contribution in [0, 0.1) is 0 Å². The molecule has 5 nitrogen and oxygen atoms in total. The quantitative estimate of drug-likeness (QED) is 0.348. The maximum atomic E-state index is 5.49. The van der Waals surface area contributed by atoms with Crippen LogP contribution in [0.3, 0.4) is 0 Å². The van der Waals surface area contributed by atoms with Gasteiger partial charge in [0, 0.05) is 44.2 Å². The van der Waals surface area contributed by atoms with Crippen LogP contribution in [0.15, 0.2) is 29.3 Å². The molecule has 1 heterocycles. The van der Waals surface area contributed by atoms with Crippen LogP contribution in [0.5, 0.6) is 5.75 Å². The van der Waals surface area contributed by atoms with Gasteiger partial charge in [-0.05, 0) is 45.2 Å². The van der Waals surface area contributed by atoms with E-state index in [9.17, 15) is 0 Å². The highest BCUT2D eigenvalue weighted by atomic mass is 127. The summed E-state index contributed by atoms with van der Waals surface area (Å²) in [7, 11) is 1.73. The lowest BCUT2D eigenvalue weighted by Gasteiger charge is -2.35. The molecule has 0 spiro atoms. The van der Waals surface area contributed by atoms with Crippen molar-refractivity contribution in [1.82, 2.24) is 15.5 Å². The molecule has 1 aliphatic rings. The Morgan fingerprint density at radius 2 is 1.89 bits per heavy atom. The summed E-state index contributed by atoms with van der Waals surface area (Å²) in [6.07, 6.45) is 2.34. The summed E-state index contributed by atoms with van der Waals surface area (Å²) in [5.41, 5.74) is 1.21. The number of hydrogen-bond acceptors (Lipinski definition) is 3. The molecular formula is C21H37IN4O. The predicted octanol–water partition coefficient (Wildman–Crippen LogP) is 3.84. The van der Waals surface area contributed by atoms with Gasteiger partial charge in [-0.15, -0.1) is 24.0 Å². The fourth-order valence-corrected chi connectivity index (χ4v) is 3.47. The average molecular weight is 488 g/mol. The Hall–Kier alpha value is -1.02. The topological polar surface area (TPSA) is 48.9 Å². The van der Waals surface area contributed by atoms with Gasteiger partial charge >= 0.3 is 0 Å². The molecule has 1 saturated heterocycles. The second-order valence-electron chi connectivity index (χ2n) is 7.41. The molecule has 2 rings (SSSR count). The molecule has 0 aliphatic carbocycles. The van der Waals surface area contributed by atoms with E-state index in [1.165, 1.54) is 18.4 Å². The van der Waals surface area contributed by atoms with Gasteiger partial charge in [0.15, 0.2) is 5.96 Å². The minimum atomic E-state index is 0. The van der Waals surface area contributed by atoms with Crippen LogP contribution in [-0.4, -0.2) is 56.2 Å². The van der Waals surface area contributed by atoms with Gasteiger partial charge in [-0.1, -0.05) is 25.1 Å². The predicted molar refractivity (Wildman–Crippen MR) is 126 cm³/mol. The average Bonchev–Trinajstić information content (AvgIpc) is 2.66. The van der Waals surface area contributed by atoms with Gasteiger partial charge in [-0.2, -0.15) is 0 Å². The van der Waals surface area contributed by atoms with E-state index in [0.29, 0.717) is 18.0 Å². The highest BCUT2D eigenvalue weighted by Crippen LogP contribution is 2.26. The molecule has 1 unspecified atom stereocenters. The van der Waals surface area contributed by atoms with E-state index >= 15 is 0 Å². The number of hydrogen-bond donors (Lipinski definition) is 2. The van der Waals surface area contributed by atoms with E-state index in [2.05, 4.69) is 55.4 Å². The van der Waals surface area contributed by atoms with Gasteiger partial charge < -0.3 is 20.3 Å². The van der Waals surface area contributed by atoms with Gasteiger partial charge in [0.05, 0.1) is 7.11 Å². The highest BCUT2D eigenvalue weighted by molar-refractivity contribution is 14.0. The summed E-state index contributed by atoms with van der Waals surface area (Å²) >= 11 is 0. The third kappa shape index (κ3) is 7.49. The number of rotatable bonds is 7. The summed E-state index contributed by atoms with van der Waals surface area (Å²) in [6, 6.07) is 9.35. The summed E-state index contributed by atoms with van der Waals surface area (Å²) in [4.78, 5) is 7.39. The van der Waals surface area contributed by atoms with Crippen molar-refractivity contribution in [3.63, 3.8) is 0 Å². The van der Waals surface area contributed by atoms with Crippen molar-refractivity contribution in [3.05, 3.63) is 29.8 Å². The van der Waals surface area contributed by atoms with Gasteiger partial charge in [0.25, 0.3) is 0 Å². The Morgan fingerprint density at radius 3 is 2.48 bits per heavy atom. The number of likely N-dealkylation sites (tertiary alicyclic amines) is 1. The number of aliphatic imine (C=N–C) groups is 1. The maximum Gasteiger partial charge on any atom is 0.191 e. The highest BCUT2D eigenvalue weighted by Gasteiger charge is 2.21. The second-order valence-corrected chi connectivity index (χ2v) is 7.41. The number of piperidine rings is 1. The number of halogens is 1. The minimum absolute atomic E-state index is 0. The zero-order chi connectivity index (χ0) is 18.9. The third-order valence-electron chi connectivity index (χ3n) is 5.14. The molecule has 1 fully saturated rings. The normalized spacial score (nSPS) is 17.3. The van der Waals surface area contributed by atoms with Gasteiger partial charge in [-0.25, -0.2) is 0 Å². The lowest BCUT2D eigenvalue weighted by atomic mass is 10.0. The van der Waals surface area contributed by atoms with Crippen molar-refractivity contribution in [2.75, 3.05) is 33.3 Å². The molecule has 2 N–H and O–H groups in total. The van der Waals surface area contributed by atoms with Gasteiger partial charge in [0.2, 0.25) is 0 Å². The molecule has 0 saturated carbocycles. The molecule has 0 bridgehead atoms. The molecule has 27 heavy (non-hydrogen) atoms. The zero-order valence-corrected chi connectivity index (χ0v) is 19.8. The molecule has 154 valence electrons. The fourth-order valence-electron chi connectivity index (χ4n) is 3.47. The van der Waals surface area contributed by atoms with Crippen LogP contribution >= 0.6 is 24.0 Å². The first-order valence-corrected chi connectivity index (χ1v) is 9.97. The number of nitrogens with zero attached hydrogens (tertiary/aromatic N) is 2. The fraction of sp³-hybridized carbons (Fsp3) is 0.667. The standard InChI is InChI=1S/C21H36N4O.HI/c1-6-22-21(24-18-11-13-25(14-12-18)16(2)3)23-15-17(4)19-9-7-8-10-20(19)26-5;/h7-10,16-18H,6,11-15H2,1-5H3,(H2,22,23,24);1H. The summed E-state index contributed by atoms with van der Waals surface area (Å²) in [5, 5.41) is 7.03. The Balaban J connectivity index is 0.00000364. The van der Waals surface area contributed by atoms with E-state index in [1.54, 1.807) is 7.11 Å². The molecule has 1 aromatic rings. The van der Waals surface area contributed by atoms with E-state index in [1.807, 2.05) is 12.1 Å². The lowest BCUT2D eigenvalue weighted by Crippen LogP contribution is -2.49. The van der Waals surface area contributed by atoms with E-state index in [-0.39, 0.29) is 24.0 Å². The van der Waals surface area contributed by atoms with Crippen molar-refractivity contribution in [1.29, 1.82) is 0 Å². The number of guanidine groups is 1. The Morgan fingerprint density at radius 1 is 1.22 bits per heavy atom. The van der Waals surface area contributed by atoms with Crippen molar-refractivity contribution < 1.29 is 4.74 Å². The van der Waals surface area contributed by atoms with Crippen LogP contribution in [-0.2, 0) is 0 Å². The van der Waals surface area contributed by atoms with E-state index < -0.39 is 0 Å². The van der Waals surface area contributed by atoms with Gasteiger partial charge in [0.1, 0.15) is 5.75 Å². The Labute approximate surface area is 182 Å². The summed E-state index contributed by atoms with van der Waals surface area (Å²) < 4.78 is 5.49. The molecular weight excluding hydrogens is 451 g/mol. The summed E-state index contributed by atoms with van der Waals surface area (Å²) in [6.45, 7) is 12.8. The second kappa shape index (κ2) is 12.4. The first-order chi connectivity index (χ1) is 12.5. The summed E-state index contributed by atoms with van der Waals surface area (Å²) in [5.74, 6) is 2.18. The molecule has 0 amide bonds. The number of methoxy groups -OCH3 is 1. The molecule has 0 radical (unpaired) electrons. The first-order valence-electron chi connectivity index (χ1n) is 9.97. The number of nitrogens with one attached hydrogen (secondary N) is 2. The van der Waals surface area contributed by atoms with Gasteiger partial charge in [-0.3, -0.25) is 4.99 Å². The van der Waals surface area contributed by atoms with Crippen LogP contribution in [0.1, 0.15) is 52.0 Å². The van der Waals surface area contributed by atoms with Crippen molar-refractivity contribution in [2.45, 2.75) is 58.5 Å². The minimum Gasteiger partial charge on any atom is -0.496 e. The molecule has 1 aliphatic heterocycles. The largest absolute Gasteiger partial charge is 0.496 e. The van der Waals surface area contributed by atoms with Crippen LogP contribution in [0.2, 0.25) is 0 Å². The zero-order valence-electron chi connectivity index (χ0n) is 17.5. The third-order valence-corrected chi connectivity index (χ3v) is 5.14. The SMILES string of the molecule is CCNC(=NCC(C)c1ccccc1OC)NC1CCN(C(C)C)CC1.I. The molecule has 1 atom stereocenters. The number of ether oxygens (including phenoxy) is 1. The van der Waals surface area contributed by atoms with E-state index in [0.717, 1.165) is 37.9 Å². The van der Waals surface area contributed by atoms with E-state index in [4.69, 9.17) is 9.73 Å². The van der Waals surface area contributed by atoms with Crippen molar-refractivity contribution in [2.24, 2.45) is 4.99 Å². The smallest absolute Gasteiger partial charge is 0.191 e. The lowest BCUT2D eigenvalue weighted by molar-refractivity contribution is 0.167. The van der Waals surface area contributed by atoms with Crippen molar-refractivity contribution >= 4 is 29.9 Å². The molecule has 0 aromatic heterocycles. The van der Waals surface area contributed by atoms with Crippen molar-refractivity contribution in [3.8, 4) is 5.75 Å². The monoisotopic (exact) mass is 488 g/mol. The Bertz CT molecular complexity index is 571. The molecule has 1 aromatic carbocycles. The Kier molecular flexibility index (Phi) is 11.1. The first kappa shape index (κ1) is 24.0. The molecule has 6 heteroatoms. The van der Waals surface area contributed by atoms with Crippen LogP contribution in [0.25, 0.3) is 0 Å². The number of para-hydroxylation sites is 1. The van der Waals surface area contributed by atoms with Crippen LogP contribution < -0.4 is 15.4 Å². The maximum absolute atomic E-state index is 5.49. The number of benzene rings is 1.